The highest BCUT2D eigenvalue weighted by Gasteiger charge is 1.95. The summed E-state index contributed by atoms with van der Waals surface area (Å²) in [5.74, 6) is 0. The molecule has 0 amide bonds. The van der Waals surface area contributed by atoms with Crippen LogP contribution in [0.4, 0.5) is 5.69 Å². The largest absolute Gasteiger partial charge is 0.370 e. The fourth-order valence-electron chi connectivity index (χ4n) is 1.81. The fraction of sp³-hybridized carbons (Fsp3) is 0.125. The van der Waals surface area contributed by atoms with Gasteiger partial charge in [-0.15, -0.1) is 0 Å². The topological polar surface area (TPSA) is 49.0 Å². The number of nitrogens with one attached hydrogen (secondary N) is 1. The Morgan fingerprint density at radius 3 is 2.57 bits per heavy atom. The molecule has 0 bridgehead atoms. The van der Waals surface area contributed by atoms with Crippen LogP contribution < -0.4 is 4.90 Å². The highest BCUT2D eigenvalue weighted by molar-refractivity contribution is 7.64. The zero-order valence-corrected chi connectivity index (χ0v) is 12.6. The van der Waals surface area contributed by atoms with Crippen molar-refractivity contribution in [1.82, 2.24) is 9.97 Å². The molecule has 2 aromatic carbocycles. The van der Waals surface area contributed by atoms with Gasteiger partial charge < -0.3 is 9.88 Å². The van der Waals surface area contributed by atoms with E-state index in [1.807, 2.05) is 66.5 Å². The van der Waals surface area contributed by atoms with Gasteiger partial charge in [0.1, 0.15) is 0 Å². The Morgan fingerprint density at radius 1 is 1.14 bits per heavy atom. The molecule has 0 aliphatic carbocycles. The van der Waals surface area contributed by atoms with Gasteiger partial charge >= 0.3 is 0 Å². The molecule has 0 unspecified atom stereocenters. The number of imidazole rings is 1. The number of rotatable bonds is 3. The number of hydrogen-bond acceptors (Lipinski definition) is 3. The maximum atomic E-state index is 10.1. The molecule has 0 saturated carbocycles. The average molecular weight is 299 g/mol. The highest BCUT2D eigenvalue weighted by Crippen LogP contribution is 2.09. The Labute approximate surface area is 127 Å². The highest BCUT2D eigenvalue weighted by atomic mass is 32.1. The molecule has 0 aliphatic heterocycles. The molecule has 0 aliphatic rings. The van der Waals surface area contributed by atoms with E-state index in [1.54, 1.807) is 11.7 Å². The Kier molecular flexibility index (Phi) is 5.72. The molecule has 5 heteroatoms. The van der Waals surface area contributed by atoms with Crippen molar-refractivity contribution in [2.75, 3.05) is 18.5 Å². The maximum Gasteiger partial charge on any atom is 0.0931 e. The number of benzene rings is 2. The summed E-state index contributed by atoms with van der Waals surface area (Å²) in [6, 6.07) is 17.9. The lowest BCUT2D eigenvalue weighted by Gasteiger charge is -2.15. The number of H-pyrrole nitrogens is 1. The van der Waals surface area contributed by atoms with Gasteiger partial charge in [-0.2, -0.15) is 0 Å². The van der Waals surface area contributed by atoms with Crippen molar-refractivity contribution in [3.05, 3.63) is 60.9 Å². The number of hydrogen-bond donors (Lipinski definition) is 1. The summed E-state index contributed by atoms with van der Waals surface area (Å²) < 4.78 is 10.1. The predicted octanol–water partition coefficient (Wildman–Crippen LogP) is 2.70. The molecule has 0 spiro atoms. The van der Waals surface area contributed by atoms with E-state index in [-0.39, 0.29) is 0 Å². The molecule has 0 fully saturated rings. The van der Waals surface area contributed by atoms with E-state index < -0.39 is 0 Å². The average Bonchev–Trinajstić information content (AvgIpc) is 3.02. The van der Waals surface area contributed by atoms with Gasteiger partial charge in [0.2, 0.25) is 0 Å². The number of aromatic nitrogens is 2. The maximum absolute atomic E-state index is 10.1. The summed E-state index contributed by atoms with van der Waals surface area (Å²) in [5.41, 5.74) is 3.25. The third-order valence-electron chi connectivity index (χ3n) is 2.94. The number of aromatic amines is 1. The Balaban J connectivity index is 0.000000159. The SMILES string of the molecule is CN(CC=S=O)c1ccccc1.c1ccc2[nH]cnc2c1. The van der Waals surface area contributed by atoms with Crippen LogP contribution in [0.2, 0.25) is 0 Å². The lowest BCUT2D eigenvalue weighted by Crippen LogP contribution is -2.18. The number of fused-ring (bicyclic) bond motifs is 1. The van der Waals surface area contributed by atoms with Crippen LogP contribution in [0.15, 0.2) is 60.9 Å². The first-order valence-corrected chi connectivity index (χ1v) is 7.36. The van der Waals surface area contributed by atoms with Gasteiger partial charge in [0.25, 0.3) is 0 Å². The molecule has 0 radical (unpaired) electrons. The number of anilines is 1. The zero-order chi connectivity index (χ0) is 14.9. The van der Waals surface area contributed by atoms with Crippen molar-refractivity contribution in [2.24, 2.45) is 0 Å². The first-order chi connectivity index (χ1) is 10.3. The molecule has 21 heavy (non-hydrogen) atoms. The summed E-state index contributed by atoms with van der Waals surface area (Å²) in [5, 5.41) is 1.63. The molecule has 3 rings (SSSR count). The fourth-order valence-corrected chi connectivity index (χ4v) is 2.09. The minimum atomic E-state index is 0.508. The lowest BCUT2D eigenvalue weighted by molar-refractivity contribution is 0.701. The van der Waals surface area contributed by atoms with Gasteiger partial charge in [-0.25, -0.2) is 9.19 Å². The van der Waals surface area contributed by atoms with Gasteiger partial charge in [0, 0.05) is 24.6 Å². The van der Waals surface area contributed by atoms with Crippen LogP contribution in [0.1, 0.15) is 0 Å². The lowest BCUT2D eigenvalue weighted by atomic mass is 10.3. The first-order valence-electron chi connectivity index (χ1n) is 6.56. The van der Waals surface area contributed by atoms with E-state index in [0.29, 0.717) is 17.8 Å². The molecular formula is C16H17N3OS. The molecule has 0 saturated heterocycles. The zero-order valence-electron chi connectivity index (χ0n) is 11.8. The summed E-state index contributed by atoms with van der Waals surface area (Å²) >= 11 is 0.508. The van der Waals surface area contributed by atoms with Gasteiger partial charge in [-0.1, -0.05) is 30.3 Å². The second kappa shape index (κ2) is 8.01. The van der Waals surface area contributed by atoms with Crippen molar-refractivity contribution in [2.45, 2.75) is 0 Å². The van der Waals surface area contributed by atoms with E-state index in [4.69, 9.17) is 0 Å². The number of nitrogens with zero attached hydrogens (tertiary/aromatic N) is 2. The molecule has 1 N–H and O–H groups in total. The summed E-state index contributed by atoms with van der Waals surface area (Å²) in [7, 11) is 1.96. The van der Waals surface area contributed by atoms with Crippen LogP contribution in [0.25, 0.3) is 11.0 Å². The van der Waals surface area contributed by atoms with E-state index in [0.717, 1.165) is 16.7 Å². The van der Waals surface area contributed by atoms with Crippen LogP contribution in [0, 0.1) is 0 Å². The third kappa shape index (κ3) is 4.57. The van der Waals surface area contributed by atoms with Crippen LogP contribution in [0.5, 0.6) is 0 Å². The molecule has 1 aromatic heterocycles. The molecule has 1 heterocycles. The minimum absolute atomic E-state index is 0.508. The van der Waals surface area contributed by atoms with E-state index in [2.05, 4.69) is 9.97 Å². The quantitative estimate of drug-likeness (QED) is 0.757. The van der Waals surface area contributed by atoms with Crippen LogP contribution in [-0.2, 0) is 11.3 Å². The van der Waals surface area contributed by atoms with Crippen LogP contribution in [-0.4, -0.2) is 33.1 Å². The van der Waals surface area contributed by atoms with E-state index in [9.17, 15) is 4.21 Å². The molecule has 0 atom stereocenters. The van der Waals surface area contributed by atoms with Crippen molar-refractivity contribution in [3.63, 3.8) is 0 Å². The Hall–Kier alpha value is -2.40. The normalized spacial score (nSPS) is 9.57. The predicted molar refractivity (Wildman–Crippen MR) is 90.0 cm³/mol. The van der Waals surface area contributed by atoms with Crippen LogP contribution in [0.3, 0.4) is 0 Å². The molecule has 4 nitrogen and oxygen atoms in total. The summed E-state index contributed by atoms with van der Waals surface area (Å²) in [6.07, 6.45) is 1.70. The standard InChI is InChI=1S/C9H11NOS.C7H6N2/c1-10(7-8-12-11)9-5-3-2-4-6-9;1-2-4-7-6(3-1)8-5-9-7/h2-6,8H,7H2,1H3;1-5H,(H,8,9). The molecule has 108 valence electrons. The molecular weight excluding hydrogens is 282 g/mol. The second-order valence-electron chi connectivity index (χ2n) is 4.40. The van der Waals surface area contributed by atoms with Gasteiger partial charge in [-0.3, -0.25) is 0 Å². The molecule has 3 aromatic rings. The second-order valence-corrected chi connectivity index (χ2v) is 4.92. The Bertz CT molecular complexity index is 690. The van der Waals surface area contributed by atoms with E-state index in [1.165, 1.54) is 0 Å². The van der Waals surface area contributed by atoms with Crippen molar-refractivity contribution in [3.8, 4) is 0 Å². The third-order valence-corrected chi connectivity index (χ3v) is 3.23. The van der Waals surface area contributed by atoms with Gasteiger partial charge in [0.05, 0.1) is 28.6 Å². The summed E-state index contributed by atoms with van der Waals surface area (Å²) in [6.45, 7) is 0.679. The smallest absolute Gasteiger partial charge is 0.0931 e. The summed E-state index contributed by atoms with van der Waals surface area (Å²) in [4.78, 5) is 9.09. The Morgan fingerprint density at radius 2 is 1.86 bits per heavy atom. The monoisotopic (exact) mass is 299 g/mol. The van der Waals surface area contributed by atoms with Crippen molar-refractivity contribution >= 4 is 33.3 Å². The van der Waals surface area contributed by atoms with Gasteiger partial charge in [0.15, 0.2) is 0 Å². The van der Waals surface area contributed by atoms with Crippen LogP contribution >= 0.6 is 0 Å². The first kappa shape index (κ1) is 15.0. The number of para-hydroxylation sites is 3. The van der Waals surface area contributed by atoms with Crippen molar-refractivity contribution < 1.29 is 4.21 Å². The van der Waals surface area contributed by atoms with Crippen molar-refractivity contribution in [1.29, 1.82) is 0 Å². The minimum Gasteiger partial charge on any atom is -0.370 e. The van der Waals surface area contributed by atoms with E-state index >= 15 is 0 Å². The van der Waals surface area contributed by atoms with Gasteiger partial charge in [-0.05, 0) is 24.3 Å².